The average molecular weight is 565 g/mol. The smallest absolute Gasteiger partial charge is 0.326 e. The first-order chi connectivity index (χ1) is 18.0. The van der Waals surface area contributed by atoms with Gasteiger partial charge in [0.2, 0.25) is 10.0 Å². The summed E-state index contributed by atoms with van der Waals surface area (Å²) in [5.74, 6) is -3.92. The lowest BCUT2D eigenvalue weighted by Crippen LogP contribution is -2.36. The first-order valence-electron chi connectivity index (χ1n) is 11.4. The van der Waals surface area contributed by atoms with Gasteiger partial charge in [0.1, 0.15) is 12.1 Å². The number of ether oxygens (including phenoxy) is 1. The summed E-state index contributed by atoms with van der Waals surface area (Å²) in [6.45, 7) is -0.922. The van der Waals surface area contributed by atoms with Crippen LogP contribution in [0.15, 0.2) is 41.3 Å². The van der Waals surface area contributed by atoms with Gasteiger partial charge in [0.15, 0.2) is 6.61 Å². The van der Waals surface area contributed by atoms with Crippen LogP contribution in [-0.2, 0) is 24.3 Å². The maximum atomic E-state index is 12.9. The van der Waals surface area contributed by atoms with Crippen molar-refractivity contribution in [2.24, 2.45) is 0 Å². The van der Waals surface area contributed by atoms with Gasteiger partial charge in [-0.25, -0.2) is 8.42 Å². The van der Waals surface area contributed by atoms with Crippen molar-refractivity contribution in [1.29, 1.82) is 0 Å². The molecule has 2 aromatic rings. The van der Waals surface area contributed by atoms with E-state index in [1.165, 1.54) is 34.6 Å². The summed E-state index contributed by atoms with van der Waals surface area (Å²) in [5, 5.41) is 13.6. The molecule has 200 valence electrons. The molecule has 0 bridgehead atoms. The van der Waals surface area contributed by atoms with Gasteiger partial charge in [0.25, 0.3) is 23.4 Å². The van der Waals surface area contributed by atoms with E-state index in [1.807, 2.05) is 0 Å². The van der Waals surface area contributed by atoms with Gasteiger partial charge in [0.05, 0.1) is 26.1 Å². The average Bonchev–Trinajstić information content (AvgIpc) is 3.14. The van der Waals surface area contributed by atoms with Crippen LogP contribution in [-0.4, -0.2) is 72.5 Å². The highest BCUT2D eigenvalue weighted by molar-refractivity contribution is 7.89. The van der Waals surface area contributed by atoms with Crippen molar-refractivity contribution in [3.05, 3.63) is 62.7 Å². The normalized spacial score (nSPS) is 15.8. The molecule has 15 heteroatoms. The Labute approximate surface area is 221 Å². The zero-order chi connectivity index (χ0) is 27.6. The number of fused-ring (bicyclic) bond motifs is 1. The van der Waals surface area contributed by atoms with E-state index in [2.05, 4.69) is 5.32 Å². The number of benzene rings is 2. The molecule has 0 saturated carbocycles. The number of anilines is 1. The van der Waals surface area contributed by atoms with E-state index in [0.717, 1.165) is 25.3 Å². The van der Waals surface area contributed by atoms with Gasteiger partial charge in [0, 0.05) is 19.2 Å². The number of nitro groups is 1. The Morgan fingerprint density at radius 1 is 1.08 bits per heavy atom. The highest BCUT2D eigenvalue weighted by atomic mass is 35.5. The number of piperidine rings is 1. The first kappa shape index (κ1) is 27.2. The van der Waals surface area contributed by atoms with Gasteiger partial charge in [-0.1, -0.05) is 24.1 Å². The third kappa shape index (κ3) is 5.37. The molecule has 0 aromatic heterocycles. The number of nitrogens with one attached hydrogen (secondary N) is 1. The van der Waals surface area contributed by atoms with Gasteiger partial charge in [-0.3, -0.25) is 34.2 Å². The summed E-state index contributed by atoms with van der Waals surface area (Å²) in [7, 11) is -3.79. The van der Waals surface area contributed by atoms with Gasteiger partial charge >= 0.3 is 5.97 Å². The van der Waals surface area contributed by atoms with Crippen LogP contribution < -0.4 is 5.32 Å². The third-order valence-electron chi connectivity index (χ3n) is 5.99. The van der Waals surface area contributed by atoms with E-state index in [-0.39, 0.29) is 21.2 Å². The summed E-state index contributed by atoms with van der Waals surface area (Å²) in [6, 6.07) is 7.39. The number of amides is 3. The SMILES string of the molecule is O=C(COC(=O)CN1C(=O)c2cccc([N+](=O)[O-])c2C1=O)Nc1cc(S(=O)(=O)N2CCCCC2)ccc1Cl. The van der Waals surface area contributed by atoms with E-state index in [1.54, 1.807) is 0 Å². The van der Waals surface area contributed by atoms with Crippen molar-refractivity contribution >= 4 is 56.7 Å². The van der Waals surface area contributed by atoms with Crippen LogP contribution in [0.3, 0.4) is 0 Å². The predicted molar refractivity (Wildman–Crippen MR) is 132 cm³/mol. The van der Waals surface area contributed by atoms with Crippen molar-refractivity contribution in [1.82, 2.24) is 9.21 Å². The fourth-order valence-corrected chi connectivity index (χ4v) is 5.84. The largest absolute Gasteiger partial charge is 0.454 e. The van der Waals surface area contributed by atoms with Crippen LogP contribution in [0.25, 0.3) is 0 Å². The second-order valence-electron chi connectivity index (χ2n) is 8.47. The van der Waals surface area contributed by atoms with Crippen molar-refractivity contribution in [3.63, 3.8) is 0 Å². The number of carbonyl (C=O) groups excluding carboxylic acids is 4. The maximum Gasteiger partial charge on any atom is 0.326 e. The summed E-state index contributed by atoms with van der Waals surface area (Å²) in [6.07, 6.45) is 2.44. The van der Waals surface area contributed by atoms with Crippen molar-refractivity contribution in [3.8, 4) is 0 Å². The van der Waals surface area contributed by atoms with Crippen molar-refractivity contribution in [2.75, 3.05) is 31.6 Å². The molecule has 13 nitrogen and oxygen atoms in total. The Morgan fingerprint density at radius 2 is 1.79 bits per heavy atom. The van der Waals surface area contributed by atoms with Crippen LogP contribution in [0.5, 0.6) is 0 Å². The molecule has 2 heterocycles. The summed E-state index contributed by atoms with van der Waals surface area (Å²) >= 11 is 6.10. The molecule has 2 aliphatic heterocycles. The number of rotatable bonds is 8. The number of sulfonamides is 1. The summed E-state index contributed by atoms with van der Waals surface area (Å²) < 4.78 is 32.0. The fraction of sp³-hybridized carbons (Fsp3) is 0.304. The van der Waals surface area contributed by atoms with Crippen LogP contribution in [0.2, 0.25) is 5.02 Å². The number of imide groups is 1. The predicted octanol–water partition coefficient (Wildman–Crippen LogP) is 2.20. The van der Waals surface area contributed by atoms with Gasteiger partial charge < -0.3 is 10.1 Å². The zero-order valence-electron chi connectivity index (χ0n) is 19.7. The highest BCUT2D eigenvalue weighted by Crippen LogP contribution is 2.31. The molecule has 0 atom stereocenters. The molecule has 3 amide bonds. The standard InChI is InChI=1S/C23H21ClN4O9S/c24-16-8-7-14(38(35,36)26-9-2-1-3-10-26)11-17(16)25-19(29)13-37-20(30)12-27-22(31)15-5-4-6-18(28(33)34)21(15)23(27)32/h4-8,11H,1-3,9-10,12-13H2,(H,25,29). The number of hydrogen-bond donors (Lipinski definition) is 1. The lowest BCUT2D eigenvalue weighted by atomic mass is 10.1. The molecule has 4 rings (SSSR count). The van der Waals surface area contributed by atoms with E-state index in [9.17, 15) is 37.7 Å². The van der Waals surface area contributed by atoms with E-state index < -0.39 is 63.0 Å². The minimum atomic E-state index is -3.79. The third-order valence-corrected chi connectivity index (χ3v) is 8.21. The van der Waals surface area contributed by atoms with Crippen LogP contribution in [0, 0.1) is 10.1 Å². The Hall–Kier alpha value is -3.88. The lowest BCUT2D eigenvalue weighted by Gasteiger charge is -2.26. The Morgan fingerprint density at radius 3 is 2.47 bits per heavy atom. The monoisotopic (exact) mass is 564 g/mol. The van der Waals surface area contributed by atoms with E-state index in [4.69, 9.17) is 16.3 Å². The molecule has 0 unspecified atom stereocenters. The van der Waals surface area contributed by atoms with Crippen molar-refractivity contribution in [2.45, 2.75) is 24.2 Å². The second kappa shape index (κ2) is 10.8. The first-order valence-corrected chi connectivity index (χ1v) is 13.2. The number of esters is 1. The van der Waals surface area contributed by atoms with E-state index >= 15 is 0 Å². The van der Waals surface area contributed by atoms with Crippen LogP contribution in [0.1, 0.15) is 40.0 Å². The molecule has 2 aliphatic rings. The Balaban J connectivity index is 1.37. The molecule has 0 spiro atoms. The second-order valence-corrected chi connectivity index (χ2v) is 10.8. The van der Waals surface area contributed by atoms with Crippen molar-refractivity contribution < 1.29 is 37.3 Å². The summed E-state index contributed by atoms with van der Waals surface area (Å²) in [5.41, 5.74) is -1.23. The molecule has 38 heavy (non-hydrogen) atoms. The van der Waals surface area contributed by atoms with Crippen LogP contribution >= 0.6 is 11.6 Å². The number of nitrogens with zero attached hydrogens (tertiary/aromatic N) is 3. The minimum absolute atomic E-state index is 0.0153. The summed E-state index contributed by atoms with van der Waals surface area (Å²) in [4.78, 5) is 60.5. The van der Waals surface area contributed by atoms with E-state index in [0.29, 0.717) is 18.0 Å². The maximum absolute atomic E-state index is 12.9. The Kier molecular flexibility index (Phi) is 7.76. The van der Waals surface area contributed by atoms with Crippen LogP contribution in [0.4, 0.5) is 11.4 Å². The fourth-order valence-electron chi connectivity index (χ4n) is 4.13. The molecule has 1 saturated heterocycles. The number of nitro benzene ring substituents is 1. The lowest BCUT2D eigenvalue weighted by molar-refractivity contribution is -0.385. The molecule has 1 fully saturated rings. The van der Waals surface area contributed by atoms with Gasteiger partial charge in [-0.2, -0.15) is 4.31 Å². The van der Waals surface area contributed by atoms with Gasteiger partial charge in [-0.05, 0) is 37.1 Å². The number of halogens is 1. The van der Waals surface area contributed by atoms with Gasteiger partial charge in [-0.15, -0.1) is 0 Å². The number of hydrogen-bond acceptors (Lipinski definition) is 9. The minimum Gasteiger partial charge on any atom is -0.454 e. The molecular weight excluding hydrogens is 544 g/mol. The highest BCUT2D eigenvalue weighted by Gasteiger charge is 2.42. The topological polar surface area (TPSA) is 173 Å². The quantitative estimate of drug-likeness (QED) is 0.218. The zero-order valence-corrected chi connectivity index (χ0v) is 21.3. The molecule has 0 radical (unpaired) electrons. The molecular formula is C23H21ClN4O9S. The number of carbonyl (C=O) groups is 4. The molecule has 1 N–H and O–H groups in total. The molecule has 2 aromatic carbocycles. The Bertz CT molecular complexity index is 1450. The molecule has 0 aliphatic carbocycles.